The zero-order chi connectivity index (χ0) is 20.2. The van der Waals surface area contributed by atoms with Crippen LogP contribution in [-0.4, -0.2) is 55.9 Å². The largest absolute Gasteiger partial charge is 0.350 e. The Balaban J connectivity index is 1.38. The van der Waals surface area contributed by atoms with Gasteiger partial charge in [-0.05, 0) is 47.4 Å². The number of rotatable bonds is 6. The standard InChI is InChI=1S/C18H20F2N8O/c19-16(20)14-9-15(23-22-14)17(29)21-10-12-5-4-8-27(11-12)18-24-25-26-28(18)13-6-2-1-3-7-13/h1-3,6-7,9,12,16H,4-5,8,10-11H2,(H,21,29)(H,22,23). The molecule has 0 bridgehead atoms. The van der Waals surface area contributed by atoms with Crippen LogP contribution in [0, 0.1) is 5.92 Å². The maximum absolute atomic E-state index is 12.6. The van der Waals surface area contributed by atoms with Gasteiger partial charge in [0, 0.05) is 19.6 Å². The molecule has 0 spiro atoms. The molecule has 0 radical (unpaired) electrons. The lowest BCUT2D eigenvalue weighted by molar-refractivity contribution is 0.0940. The molecule has 1 aromatic carbocycles. The molecule has 2 N–H and O–H groups in total. The highest BCUT2D eigenvalue weighted by Crippen LogP contribution is 2.23. The van der Waals surface area contributed by atoms with Crippen molar-refractivity contribution in [2.24, 2.45) is 5.92 Å². The van der Waals surface area contributed by atoms with E-state index in [-0.39, 0.29) is 17.3 Å². The quantitative estimate of drug-likeness (QED) is 0.653. The number of hydrogen-bond acceptors (Lipinski definition) is 6. The molecule has 1 saturated heterocycles. The fourth-order valence-corrected chi connectivity index (χ4v) is 3.42. The van der Waals surface area contributed by atoms with Crippen molar-refractivity contribution >= 4 is 11.9 Å². The molecule has 0 saturated carbocycles. The molecule has 29 heavy (non-hydrogen) atoms. The number of para-hydroxylation sites is 1. The number of nitrogens with one attached hydrogen (secondary N) is 2. The van der Waals surface area contributed by atoms with Crippen LogP contribution in [0.1, 0.15) is 35.4 Å². The van der Waals surface area contributed by atoms with Crippen LogP contribution >= 0.6 is 0 Å². The van der Waals surface area contributed by atoms with E-state index in [2.05, 4.69) is 35.9 Å². The van der Waals surface area contributed by atoms with Crippen molar-refractivity contribution in [1.82, 2.24) is 35.7 Å². The SMILES string of the molecule is O=C(NCC1CCCN(c2nnnn2-c2ccccc2)C1)c1cc(C(F)F)[nH]n1. The molecule has 4 rings (SSSR count). The second-order valence-electron chi connectivity index (χ2n) is 6.90. The molecular formula is C18H20F2N8O. The van der Waals surface area contributed by atoms with Crippen molar-refractivity contribution in [3.05, 3.63) is 47.8 Å². The minimum absolute atomic E-state index is 0.0408. The lowest BCUT2D eigenvalue weighted by atomic mass is 9.98. The maximum atomic E-state index is 12.6. The highest BCUT2D eigenvalue weighted by Gasteiger charge is 2.25. The molecule has 1 atom stereocenters. The molecule has 152 valence electrons. The predicted octanol–water partition coefficient (Wildman–Crippen LogP) is 1.97. The normalized spacial score (nSPS) is 16.9. The molecule has 0 aliphatic carbocycles. The first-order valence-electron chi connectivity index (χ1n) is 9.32. The Morgan fingerprint density at radius 3 is 2.90 bits per heavy atom. The van der Waals surface area contributed by atoms with Crippen molar-refractivity contribution in [2.45, 2.75) is 19.3 Å². The fraction of sp³-hybridized carbons (Fsp3) is 0.389. The highest BCUT2D eigenvalue weighted by atomic mass is 19.3. The molecule has 1 unspecified atom stereocenters. The van der Waals surface area contributed by atoms with Gasteiger partial charge in [0.15, 0.2) is 0 Å². The van der Waals surface area contributed by atoms with Gasteiger partial charge in [-0.2, -0.15) is 9.78 Å². The molecule has 2 aromatic heterocycles. The fourth-order valence-electron chi connectivity index (χ4n) is 3.42. The van der Waals surface area contributed by atoms with Crippen LogP contribution < -0.4 is 10.2 Å². The molecule has 11 heteroatoms. The Labute approximate surface area is 165 Å². The van der Waals surface area contributed by atoms with Crippen LogP contribution in [0.5, 0.6) is 0 Å². The lowest BCUT2D eigenvalue weighted by Crippen LogP contribution is -2.42. The van der Waals surface area contributed by atoms with Crippen LogP contribution in [0.2, 0.25) is 0 Å². The minimum atomic E-state index is -2.69. The van der Waals surface area contributed by atoms with E-state index in [1.165, 1.54) is 0 Å². The van der Waals surface area contributed by atoms with E-state index in [0.29, 0.717) is 19.0 Å². The Morgan fingerprint density at radius 2 is 2.14 bits per heavy atom. The molecular weight excluding hydrogens is 382 g/mol. The van der Waals surface area contributed by atoms with Crippen molar-refractivity contribution in [2.75, 3.05) is 24.5 Å². The number of nitrogens with zero attached hydrogens (tertiary/aromatic N) is 6. The summed E-state index contributed by atoms with van der Waals surface area (Å²) in [4.78, 5) is 14.3. The van der Waals surface area contributed by atoms with Gasteiger partial charge in [0.1, 0.15) is 11.4 Å². The molecule has 3 aromatic rings. The van der Waals surface area contributed by atoms with E-state index in [9.17, 15) is 13.6 Å². The van der Waals surface area contributed by atoms with Gasteiger partial charge in [-0.3, -0.25) is 9.89 Å². The van der Waals surface area contributed by atoms with Gasteiger partial charge < -0.3 is 10.2 Å². The number of carbonyl (C=O) groups excluding carboxylic acids is 1. The number of aromatic amines is 1. The summed E-state index contributed by atoms with van der Waals surface area (Å²) in [6.45, 7) is 1.91. The topological polar surface area (TPSA) is 105 Å². The molecule has 3 heterocycles. The Bertz CT molecular complexity index is 958. The van der Waals surface area contributed by atoms with E-state index in [0.717, 1.165) is 31.1 Å². The number of benzene rings is 1. The van der Waals surface area contributed by atoms with Crippen molar-refractivity contribution in [1.29, 1.82) is 0 Å². The van der Waals surface area contributed by atoms with E-state index in [4.69, 9.17) is 0 Å². The van der Waals surface area contributed by atoms with Crippen LogP contribution in [0.25, 0.3) is 5.69 Å². The highest BCUT2D eigenvalue weighted by molar-refractivity contribution is 5.92. The van der Waals surface area contributed by atoms with Gasteiger partial charge in [-0.1, -0.05) is 23.3 Å². The number of piperidine rings is 1. The molecule has 1 aliphatic heterocycles. The number of carbonyl (C=O) groups is 1. The van der Waals surface area contributed by atoms with Gasteiger partial charge in [-0.15, -0.1) is 0 Å². The van der Waals surface area contributed by atoms with Crippen LogP contribution in [-0.2, 0) is 0 Å². The number of aromatic nitrogens is 6. The first-order chi connectivity index (χ1) is 14.1. The number of hydrogen-bond donors (Lipinski definition) is 2. The molecule has 1 fully saturated rings. The Hall–Kier alpha value is -3.37. The van der Waals surface area contributed by atoms with Gasteiger partial charge in [0.05, 0.1) is 5.69 Å². The summed E-state index contributed by atoms with van der Waals surface area (Å²) in [5.41, 5.74) is 0.462. The smallest absolute Gasteiger partial charge is 0.279 e. The number of amides is 1. The first kappa shape index (κ1) is 19.0. The number of alkyl halides is 2. The van der Waals surface area contributed by atoms with Crippen molar-refractivity contribution < 1.29 is 13.6 Å². The summed E-state index contributed by atoms with van der Waals surface area (Å²) >= 11 is 0. The Kier molecular flexibility index (Phi) is 5.45. The molecule has 1 amide bonds. The van der Waals surface area contributed by atoms with Gasteiger partial charge >= 0.3 is 0 Å². The summed E-state index contributed by atoms with van der Waals surface area (Å²) in [7, 11) is 0. The van der Waals surface area contributed by atoms with E-state index in [1.807, 2.05) is 30.3 Å². The van der Waals surface area contributed by atoms with E-state index in [1.54, 1.807) is 4.68 Å². The number of halogens is 2. The second kappa shape index (κ2) is 8.33. The third-order valence-electron chi connectivity index (χ3n) is 4.87. The average Bonchev–Trinajstić information content (AvgIpc) is 3.43. The van der Waals surface area contributed by atoms with Crippen LogP contribution in [0.4, 0.5) is 14.7 Å². The maximum Gasteiger partial charge on any atom is 0.279 e. The van der Waals surface area contributed by atoms with E-state index < -0.39 is 12.3 Å². The second-order valence-corrected chi connectivity index (χ2v) is 6.90. The zero-order valence-corrected chi connectivity index (χ0v) is 15.5. The summed E-state index contributed by atoms with van der Waals surface area (Å²) in [6.07, 6.45) is -0.821. The third-order valence-corrected chi connectivity index (χ3v) is 4.87. The zero-order valence-electron chi connectivity index (χ0n) is 15.5. The number of tetrazole rings is 1. The van der Waals surface area contributed by atoms with Crippen LogP contribution in [0.15, 0.2) is 36.4 Å². The average molecular weight is 402 g/mol. The summed E-state index contributed by atoms with van der Waals surface area (Å²) in [5.74, 6) is 0.364. The summed E-state index contributed by atoms with van der Waals surface area (Å²) in [6, 6.07) is 10.7. The predicted molar refractivity (Wildman–Crippen MR) is 100.0 cm³/mol. The number of anilines is 1. The Morgan fingerprint density at radius 1 is 1.31 bits per heavy atom. The monoisotopic (exact) mass is 402 g/mol. The van der Waals surface area contributed by atoms with Gasteiger partial charge in [0.25, 0.3) is 12.3 Å². The number of H-pyrrole nitrogens is 1. The van der Waals surface area contributed by atoms with Crippen LogP contribution in [0.3, 0.4) is 0 Å². The molecule has 9 nitrogen and oxygen atoms in total. The first-order valence-corrected chi connectivity index (χ1v) is 9.32. The minimum Gasteiger partial charge on any atom is -0.350 e. The van der Waals surface area contributed by atoms with Gasteiger partial charge in [0.2, 0.25) is 5.95 Å². The van der Waals surface area contributed by atoms with Crippen molar-refractivity contribution in [3.8, 4) is 5.69 Å². The summed E-state index contributed by atoms with van der Waals surface area (Å²) < 4.78 is 26.9. The molecule has 1 aliphatic rings. The third kappa shape index (κ3) is 4.23. The van der Waals surface area contributed by atoms with Crippen molar-refractivity contribution in [3.63, 3.8) is 0 Å². The van der Waals surface area contributed by atoms with E-state index >= 15 is 0 Å². The van der Waals surface area contributed by atoms with Gasteiger partial charge in [-0.25, -0.2) is 8.78 Å². The summed E-state index contributed by atoms with van der Waals surface area (Å²) in [5, 5.41) is 20.7. The lowest BCUT2D eigenvalue weighted by Gasteiger charge is -2.32.